The van der Waals surface area contributed by atoms with Crippen molar-refractivity contribution in [3.05, 3.63) is 40.4 Å². The van der Waals surface area contributed by atoms with Crippen molar-refractivity contribution in [1.82, 2.24) is 9.88 Å². The Labute approximate surface area is 123 Å². The van der Waals surface area contributed by atoms with E-state index in [-0.39, 0.29) is 0 Å². The zero-order valence-corrected chi connectivity index (χ0v) is 12.4. The van der Waals surface area contributed by atoms with E-state index in [2.05, 4.69) is 17.9 Å². The van der Waals surface area contributed by atoms with Crippen LogP contribution in [0.15, 0.2) is 24.3 Å². The molecule has 1 aromatic carbocycles. The van der Waals surface area contributed by atoms with Crippen molar-refractivity contribution in [2.45, 2.75) is 19.8 Å². The van der Waals surface area contributed by atoms with Gasteiger partial charge in [0.1, 0.15) is 5.01 Å². The van der Waals surface area contributed by atoms with E-state index in [1.165, 1.54) is 10.6 Å². The van der Waals surface area contributed by atoms with Gasteiger partial charge in [-0.05, 0) is 25.1 Å². The highest BCUT2D eigenvalue weighted by Gasteiger charge is 2.18. The number of nitriles is 1. The number of hydrogen-bond donors (Lipinski definition) is 0. The fourth-order valence-electron chi connectivity index (χ4n) is 2.57. The highest BCUT2D eigenvalue weighted by Crippen LogP contribution is 2.30. The Hall–Kier alpha value is -1.70. The van der Waals surface area contributed by atoms with Gasteiger partial charge in [0.05, 0.1) is 17.3 Å². The van der Waals surface area contributed by atoms with Gasteiger partial charge in [-0.15, -0.1) is 11.3 Å². The summed E-state index contributed by atoms with van der Waals surface area (Å²) in [6, 6.07) is 9.92. The molecule has 0 saturated carbocycles. The minimum absolute atomic E-state index is 0.699. The highest BCUT2D eigenvalue weighted by atomic mass is 32.1. The number of nitrogens with zero attached hydrogens (tertiary/aromatic N) is 3. The second kappa shape index (κ2) is 5.74. The fraction of sp³-hybridized carbons (Fsp3) is 0.375. The van der Waals surface area contributed by atoms with Gasteiger partial charge < -0.3 is 4.90 Å². The summed E-state index contributed by atoms with van der Waals surface area (Å²) in [4.78, 5) is 8.70. The van der Waals surface area contributed by atoms with Crippen molar-refractivity contribution in [3.63, 3.8) is 0 Å². The second-order valence-electron chi connectivity index (χ2n) is 5.02. The van der Waals surface area contributed by atoms with E-state index in [1.54, 1.807) is 11.3 Å². The van der Waals surface area contributed by atoms with Crippen LogP contribution < -0.4 is 0 Å². The Bertz CT molecular complexity index is 628. The molecule has 0 bridgehead atoms. The number of hydrogen-bond acceptors (Lipinski definition) is 4. The molecule has 0 radical (unpaired) electrons. The van der Waals surface area contributed by atoms with Crippen LogP contribution in [0.5, 0.6) is 0 Å². The summed E-state index contributed by atoms with van der Waals surface area (Å²) < 4.78 is 0. The maximum absolute atomic E-state index is 8.99. The Balaban J connectivity index is 1.89. The lowest BCUT2D eigenvalue weighted by Gasteiger charge is -2.16. The van der Waals surface area contributed by atoms with Crippen LogP contribution in [-0.2, 0) is 12.8 Å². The number of rotatable bonds is 2. The van der Waals surface area contributed by atoms with Gasteiger partial charge in [-0.25, -0.2) is 4.98 Å². The molecule has 0 N–H and O–H groups in total. The van der Waals surface area contributed by atoms with Crippen molar-refractivity contribution in [1.29, 1.82) is 5.26 Å². The molecule has 0 aliphatic carbocycles. The molecule has 1 aromatic heterocycles. The minimum Gasteiger partial charge on any atom is -0.303 e. The van der Waals surface area contributed by atoms with Gasteiger partial charge >= 0.3 is 0 Å². The zero-order chi connectivity index (χ0) is 13.9. The molecule has 2 aromatic rings. The Morgan fingerprint density at radius 3 is 3.00 bits per heavy atom. The van der Waals surface area contributed by atoms with Gasteiger partial charge in [0.2, 0.25) is 0 Å². The van der Waals surface area contributed by atoms with Crippen LogP contribution in [0.4, 0.5) is 0 Å². The molecular formula is C16H17N3S. The van der Waals surface area contributed by atoms with Gasteiger partial charge in [-0.3, -0.25) is 0 Å². The van der Waals surface area contributed by atoms with Crippen molar-refractivity contribution in [3.8, 4) is 16.6 Å². The van der Waals surface area contributed by atoms with Gasteiger partial charge in [0.25, 0.3) is 0 Å². The maximum Gasteiger partial charge on any atom is 0.123 e. The molecule has 1 aliphatic rings. The van der Waals surface area contributed by atoms with Gasteiger partial charge in [0.15, 0.2) is 0 Å². The summed E-state index contributed by atoms with van der Waals surface area (Å²) >= 11 is 1.79. The van der Waals surface area contributed by atoms with Crippen molar-refractivity contribution in [2.75, 3.05) is 19.6 Å². The largest absolute Gasteiger partial charge is 0.303 e. The Morgan fingerprint density at radius 1 is 1.35 bits per heavy atom. The first-order chi connectivity index (χ1) is 9.80. The number of benzene rings is 1. The monoisotopic (exact) mass is 283 g/mol. The molecule has 2 heterocycles. The van der Waals surface area contributed by atoms with E-state index in [9.17, 15) is 0 Å². The summed E-state index contributed by atoms with van der Waals surface area (Å²) in [5.74, 6) is 0. The lowest BCUT2D eigenvalue weighted by atomic mass is 10.1. The van der Waals surface area contributed by atoms with E-state index in [4.69, 9.17) is 10.2 Å². The SMILES string of the molecule is CCN1CCc2nc(-c3cccc(C#N)c3)sc2CC1. The molecule has 1 aliphatic heterocycles. The molecule has 102 valence electrons. The molecule has 3 nitrogen and oxygen atoms in total. The molecule has 0 spiro atoms. The maximum atomic E-state index is 8.99. The summed E-state index contributed by atoms with van der Waals surface area (Å²) in [6.45, 7) is 5.56. The van der Waals surface area contributed by atoms with Crippen LogP contribution in [0.3, 0.4) is 0 Å². The molecule has 0 saturated heterocycles. The van der Waals surface area contributed by atoms with Crippen molar-refractivity contribution >= 4 is 11.3 Å². The van der Waals surface area contributed by atoms with E-state index in [1.807, 2.05) is 24.3 Å². The molecule has 3 rings (SSSR count). The second-order valence-corrected chi connectivity index (χ2v) is 6.10. The summed E-state index contributed by atoms with van der Waals surface area (Å²) in [6.07, 6.45) is 2.14. The van der Waals surface area contributed by atoms with Crippen LogP contribution in [0.25, 0.3) is 10.6 Å². The lowest BCUT2D eigenvalue weighted by Crippen LogP contribution is -2.25. The van der Waals surface area contributed by atoms with E-state index >= 15 is 0 Å². The smallest absolute Gasteiger partial charge is 0.123 e. The van der Waals surface area contributed by atoms with E-state index < -0.39 is 0 Å². The quantitative estimate of drug-likeness (QED) is 0.850. The van der Waals surface area contributed by atoms with Crippen molar-refractivity contribution in [2.24, 2.45) is 0 Å². The standard InChI is InChI=1S/C16H17N3S/c1-2-19-8-6-14-15(7-9-19)20-16(18-14)13-5-3-4-12(10-13)11-17/h3-5,10H,2,6-9H2,1H3. The zero-order valence-electron chi connectivity index (χ0n) is 11.6. The third-order valence-corrected chi connectivity index (χ3v) is 4.99. The van der Waals surface area contributed by atoms with E-state index in [0.717, 1.165) is 43.0 Å². The Morgan fingerprint density at radius 2 is 2.20 bits per heavy atom. The van der Waals surface area contributed by atoms with Crippen LogP contribution >= 0.6 is 11.3 Å². The van der Waals surface area contributed by atoms with Crippen LogP contribution in [0.2, 0.25) is 0 Å². The topological polar surface area (TPSA) is 39.9 Å². The molecule has 4 heteroatoms. The molecular weight excluding hydrogens is 266 g/mol. The molecule has 0 amide bonds. The van der Waals surface area contributed by atoms with E-state index in [0.29, 0.717) is 5.56 Å². The third kappa shape index (κ3) is 2.60. The van der Waals surface area contributed by atoms with Crippen LogP contribution in [0, 0.1) is 11.3 Å². The number of thiazole rings is 1. The normalized spacial score (nSPS) is 15.4. The Kier molecular flexibility index (Phi) is 3.81. The first-order valence-electron chi connectivity index (χ1n) is 7.01. The predicted octanol–water partition coefficient (Wildman–Crippen LogP) is 3.10. The average Bonchev–Trinajstić information content (AvgIpc) is 2.81. The predicted molar refractivity (Wildman–Crippen MR) is 81.8 cm³/mol. The number of likely N-dealkylation sites (N-methyl/N-ethyl adjacent to an activating group) is 1. The average molecular weight is 283 g/mol. The molecule has 20 heavy (non-hydrogen) atoms. The first-order valence-corrected chi connectivity index (χ1v) is 7.83. The van der Waals surface area contributed by atoms with Crippen LogP contribution in [-0.4, -0.2) is 29.5 Å². The highest BCUT2D eigenvalue weighted by molar-refractivity contribution is 7.15. The lowest BCUT2D eigenvalue weighted by molar-refractivity contribution is 0.303. The first kappa shape index (κ1) is 13.3. The molecule has 0 atom stereocenters. The number of fused-ring (bicyclic) bond motifs is 1. The van der Waals surface area contributed by atoms with Crippen LogP contribution in [0.1, 0.15) is 23.1 Å². The third-order valence-electron chi connectivity index (χ3n) is 3.78. The summed E-state index contributed by atoms with van der Waals surface area (Å²) in [5, 5.41) is 10.0. The minimum atomic E-state index is 0.699. The van der Waals surface area contributed by atoms with Gasteiger partial charge in [-0.2, -0.15) is 5.26 Å². The molecule has 0 fully saturated rings. The number of aromatic nitrogens is 1. The van der Waals surface area contributed by atoms with Gasteiger partial charge in [-0.1, -0.05) is 19.1 Å². The van der Waals surface area contributed by atoms with Crippen molar-refractivity contribution < 1.29 is 0 Å². The summed E-state index contributed by atoms with van der Waals surface area (Å²) in [5.41, 5.74) is 3.02. The molecule has 0 unspecified atom stereocenters. The summed E-state index contributed by atoms with van der Waals surface area (Å²) in [7, 11) is 0. The van der Waals surface area contributed by atoms with Gasteiger partial charge in [0, 0.05) is 30.0 Å². The fourth-order valence-corrected chi connectivity index (χ4v) is 3.66.